The first-order chi connectivity index (χ1) is 18.0. The Kier molecular flexibility index (Phi) is 7.37. The monoisotopic (exact) mass is 508 g/mol. The molecule has 0 radical (unpaired) electrons. The van der Waals surface area contributed by atoms with Crippen molar-refractivity contribution in [2.45, 2.75) is 37.6 Å². The fourth-order valence-corrected chi connectivity index (χ4v) is 4.54. The van der Waals surface area contributed by atoms with Crippen molar-refractivity contribution in [2.75, 3.05) is 25.0 Å². The van der Waals surface area contributed by atoms with Gasteiger partial charge in [-0.05, 0) is 18.6 Å². The third kappa shape index (κ3) is 5.44. The molecular formula is C24H28N8O5. The molecule has 13 heteroatoms. The summed E-state index contributed by atoms with van der Waals surface area (Å²) in [5.74, 6) is -0.654. The van der Waals surface area contributed by atoms with Crippen LogP contribution in [0.25, 0.3) is 17.2 Å². The van der Waals surface area contributed by atoms with Crippen LogP contribution in [0.4, 0.5) is 10.6 Å². The molecule has 5 rings (SSSR count). The van der Waals surface area contributed by atoms with Crippen LogP contribution in [0.1, 0.15) is 18.7 Å². The van der Waals surface area contributed by atoms with Crippen LogP contribution in [0.3, 0.4) is 0 Å². The molecule has 37 heavy (non-hydrogen) atoms. The minimum Gasteiger partial charge on any atom is -0.480 e. The Balaban J connectivity index is 1.39. The third-order valence-electron chi connectivity index (χ3n) is 6.11. The number of anilines is 1. The van der Waals surface area contributed by atoms with Gasteiger partial charge < -0.3 is 25.2 Å². The Morgan fingerprint density at radius 1 is 1.16 bits per heavy atom. The second-order valence-electron chi connectivity index (χ2n) is 8.61. The number of carbonyl (C=O) groups excluding carboxylic acids is 1. The molecule has 2 amide bonds. The van der Waals surface area contributed by atoms with E-state index in [-0.39, 0.29) is 30.5 Å². The summed E-state index contributed by atoms with van der Waals surface area (Å²) in [7, 11) is 0. The first kappa shape index (κ1) is 24.8. The highest BCUT2D eigenvalue weighted by Gasteiger charge is 2.51. The summed E-state index contributed by atoms with van der Waals surface area (Å²) in [4.78, 5) is 36.1. The van der Waals surface area contributed by atoms with E-state index in [1.807, 2.05) is 54.0 Å². The molecule has 0 bridgehead atoms. The maximum atomic E-state index is 12.0. The molecule has 194 valence electrons. The number of hydrogen-bond donors (Lipinski definition) is 5. The largest absolute Gasteiger partial charge is 0.480 e. The highest BCUT2D eigenvalue weighted by Crippen LogP contribution is 2.36. The molecule has 2 fully saturated rings. The van der Waals surface area contributed by atoms with Gasteiger partial charge in [-0.2, -0.15) is 0 Å². The van der Waals surface area contributed by atoms with Crippen molar-refractivity contribution in [2.24, 2.45) is 0 Å². The van der Waals surface area contributed by atoms with Crippen molar-refractivity contribution in [1.82, 2.24) is 35.5 Å². The van der Waals surface area contributed by atoms with Crippen LogP contribution in [0, 0.1) is 0 Å². The number of fused-ring (bicyclic) bond motifs is 2. The molecule has 2 aliphatic heterocycles. The van der Waals surface area contributed by atoms with E-state index in [1.54, 1.807) is 6.33 Å². The normalized spacial score (nSPS) is 24.9. The van der Waals surface area contributed by atoms with Gasteiger partial charge in [0.25, 0.3) is 0 Å². The molecule has 3 aromatic rings. The number of rotatable bonds is 9. The van der Waals surface area contributed by atoms with Crippen molar-refractivity contribution in [3.63, 3.8) is 0 Å². The van der Waals surface area contributed by atoms with Gasteiger partial charge in [-0.1, -0.05) is 36.4 Å². The Bertz CT molecular complexity index is 1280. The number of aromatic nitrogens is 4. The number of carbonyl (C=O) groups is 2. The minimum atomic E-state index is -0.942. The topological polar surface area (TPSA) is 165 Å². The van der Waals surface area contributed by atoms with Gasteiger partial charge >= 0.3 is 12.0 Å². The van der Waals surface area contributed by atoms with Crippen molar-refractivity contribution >= 4 is 35.1 Å². The number of carboxylic acid groups (broad SMARTS) is 1. The van der Waals surface area contributed by atoms with E-state index in [1.165, 1.54) is 6.33 Å². The van der Waals surface area contributed by atoms with E-state index in [4.69, 9.17) is 14.6 Å². The van der Waals surface area contributed by atoms with Gasteiger partial charge in [0.2, 0.25) is 0 Å². The van der Waals surface area contributed by atoms with Crippen LogP contribution < -0.4 is 21.3 Å². The number of imidazole rings is 1. The molecule has 0 spiro atoms. The van der Waals surface area contributed by atoms with Gasteiger partial charge in [-0.15, -0.1) is 0 Å². The molecular weight excluding hydrogens is 480 g/mol. The number of ether oxygens (including phenoxy) is 2. The van der Waals surface area contributed by atoms with Gasteiger partial charge in [-0.25, -0.2) is 19.7 Å². The number of amides is 2. The summed E-state index contributed by atoms with van der Waals surface area (Å²) in [5, 5.41) is 20.8. The average Bonchev–Trinajstić information content (AvgIpc) is 3.58. The molecule has 0 saturated carbocycles. The Morgan fingerprint density at radius 2 is 1.97 bits per heavy atom. The number of aliphatic carboxylic acids is 1. The van der Waals surface area contributed by atoms with Crippen molar-refractivity contribution in [3.05, 3.63) is 54.6 Å². The molecule has 4 unspecified atom stereocenters. The van der Waals surface area contributed by atoms with Crippen molar-refractivity contribution in [1.29, 1.82) is 0 Å². The maximum absolute atomic E-state index is 12.0. The molecule has 2 saturated heterocycles. The minimum absolute atomic E-state index is 0.172. The zero-order valence-corrected chi connectivity index (χ0v) is 20.1. The lowest BCUT2D eigenvalue weighted by Crippen LogP contribution is -2.43. The summed E-state index contributed by atoms with van der Waals surface area (Å²) < 4.78 is 14.3. The van der Waals surface area contributed by atoms with E-state index < -0.39 is 24.5 Å². The SMILES string of the molecule is CCNC(=O)Nc1ncnc2c1ncn2C1NC(CNCC(=O)O)C2O[C@H](/C=C/c3ccccc3)OC21. The third-order valence-corrected chi connectivity index (χ3v) is 6.11. The summed E-state index contributed by atoms with van der Waals surface area (Å²) in [6.07, 6.45) is 5.01. The average molecular weight is 509 g/mol. The van der Waals surface area contributed by atoms with Crippen LogP contribution in [0.5, 0.6) is 0 Å². The quantitative estimate of drug-likeness (QED) is 0.281. The Hall–Kier alpha value is -3.91. The second-order valence-corrected chi connectivity index (χ2v) is 8.61. The van der Waals surface area contributed by atoms with E-state index in [0.717, 1.165) is 5.56 Å². The molecule has 13 nitrogen and oxygen atoms in total. The van der Waals surface area contributed by atoms with E-state index >= 15 is 0 Å². The maximum Gasteiger partial charge on any atom is 0.320 e. The molecule has 4 heterocycles. The lowest BCUT2D eigenvalue weighted by Gasteiger charge is -2.21. The number of urea groups is 1. The van der Waals surface area contributed by atoms with Gasteiger partial charge in [0.1, 0.15) is 24.7 Å². The number of carboxylic acids is 1. The van der Waals surface area contributed by atoms with E-state index in [2.05, 4.69) is 36.2 Å². The first-order valence-corrected chi connectivity index (χ1v) is 12.0. The lowest BCUT2D eigenvalue weighted by atomic mass is 10.1. The lowest BCUT2D eigenvalue weighted by molar-refractivity contribution is -0.136. The Labute approximate surface area is 212 Å². The molecule has 5 atom stereocenters. The number of nitrogens with one attached hydrogen (secondary N) is 4. The fourth-order valence-electron chi connectivity index (χ4n) is 4.54. The second kappa shape index (κ2) is 11.0. The standard InChI is InChI=1S/C24H28N8O5/c1-2-26-24(35)31-21-18-22(28-12-27-21)32(13-29-18)23-20-19(15(30-23)10-25-11-16(33)34)36-17(37-20)9-8-14-6-4-3-5-7-14/h3-9,12-13,15,17,19-20,23,25,30H,2,10-11H2,1H3,(H,33,34)(H2,26,27,28,31,35)/b9-8+/t15?,17-,19?,20?,23?/m0/s1. The molecule has 5 N–H and O–H groups in total. The summed E-state index contributed by atoms with van der Waals surface area (Å²) >= 11 is 0. The fraction of sp³-hybridized carbons (Fsp3) is 0.375. The van der Waals surface area contributed by atoms with Gasteiger partial charge in [0.05, 0.1) is 18.9 Å². The van der Waals surface area contributed by atoms with Gasteiger partial charge in [0.15, 0.2) is 23.3 Å². The zero-order valence-electron chi connectivity index (χ0n) is 20.1. The Morgan fingerprint density at radius 3 is 2.76 bits per heavy atom. The van der Waals surface area contributed by atoms with Crippen molar-refractivity contribution < 1.29 is 24.2 Å². The predicted molar refractivity (Wildman–Crippen MR) is 133 cm³/mol. The van der Waals surface area contributed by atoms with E-state index in [9.17, 15) is 9.59 Å². The molecule has 1 aromatic carbocycles. The highest BCUT2D eigenvalue weighted by atomic mass is 16.7. The highest BCUT2D eigenvalue weighted by molar-refractivity contribution is 5.95. The number of nitrogens with zero attached hydrogens (tertiary/aromatic N) is 4. The van der Waals surface area contributed by atoms with Crippen LogP contribution in [-0.2, 0) is 14.3 Å². The van der Waals surface area contributed by atoms with Crippen LogP contribution in [0.2, 0.25) is 0 Å². The van der Waals surface area contributed by atoms with Crippen molar-refractivity contribution in [3.8, 4) is 0 Å². The van der Waals surface area contributed by atoms with Crippen LogP contribution in [-0.4, -0.2) is 80.8 Å². The van der Waals surface area contributed by atoms with Crippen LogP contribution in [0.15, 0.2) is 49.1 Å². The van der Waals surface area contributed by atoms with Crippen LogP contribution >= 0.6 is 0 Å². The molecule has 2 aromatic heterocycles. The van der Waals surface area contributed by atoms with Gasteiger partial charge in [-0.3, -0.25) is 20.0 Å². The molecule has 2 aliphatic rings. The summed E-state index contributed by atoms with van der Waals surface area (Å²) in [6, 6.07) is 9.20. The smallest absolute Gasteiger partial charge is 0.320 e. The summed E-state index contributed by atoms with van der Waals surface area (Å²) in [6.45, 7) is 2.47. The molecule has 0 aliphatic carbocycles. The van der Waals surface area contributed by atoms with Gasteiger partial charge in [0, 0.05) is 13.1 Å². The zero-order chi connectivity index (χ0) is 25.8. The van der Waals surface area contributed by atoms with E-state index in [0.29, 0.717) is 24.3 Å². The summed E-state index contributed by atoms with van der Waals surface area (Å²) in [5.41, 5.74) is 1.95. The first-order valence-electron chi connectivity index (χ1n) is 12.0. The predicted octanol–water partition coefficient (Wildman–Crippen LogP) is 0.936. The number of benzene rings is 1. The number of hydrogen-bond acceptors (Lipinski definition) is 9.